The average molecular weight is 511 g/mol. The van der Waals surface area contributed by atoms with Crippen molar-refractivity contribution in [2.45, 2.75) is 32.2 Å². The summed E-state index contributed by atoms with van der Waals surface area (Å²) in [6.45, 7) is 3.18. The summed E-state index contributed by atoms with van der Waals surface area (Å²) in [5, 5.41) is 6.72. The number of aromatic nitrogens is 1. The molecule has 1 aliphatic rings. The monoisotopic (exact) mass is 510 g/mol. The molecular weight excluding hydrogens is 481 g/mol. The number of hydrogen-bond acceptors (Lipinski definition) is 5. The van der Waals surface area contributed by atoms with Crippen molar-refractivity contribution in [1.82, 2.24) is 9.88 Å². The van der Waals surface area contributed by atoms with Gasteiger partial charge in [0.25, 0.3) is 0 Å². The van der Waals surface area contributed by atoms with Crippen molar-refractivity contribution in [2.75, 3.05) is 31.7 Å². The predicted octanol–water partition coefficient (Wildman–Crippen LogP) is 5.44. The van der Waals surface area contributed by atoms with Crippen molar-refractivity contribution >= 4 is 17.4 Å². The molecule has 194 valence electrons. The number of benzene rings is 2. The van der Waals surface area contributed by atoms with E-state index in [1.54, 1.807) is 6.20 Å². The maximum Gasteiger partial charge on any atom is 0.222 e. The number of alkyl halides is 1. The van der Waals surface area contributed by atoms with Crippen LogP contribution in [-0.4, -0.2) is 47.9 Å². The number of nitrogens with zero attached hydrogens (tertiary/aromatic N) is 3. The molecular formula is C28H29F3N4O2. The van der Waals surface area contributed by atoms with Gasteiger partial charge in [-0.2, -0.15) is 0 Å². The number of hydrogen-bond donors (Lipinski definition) is 1. The zero-order valence-corrected chi connectivity index (χ0v) is 20.6. The van der Waals surface area contributed by atoms with Crippen LogP contribution in [0, 0.1) is 11.6 Å². The van der Waals surface area contributed by atoms with Gasteiger partial charge in [0.15, 0.2) is 11.6 Å². The molecule has 37 heavy (non-hydrogen) atoms. The fourth-order valence-electron chi connectivity index (χ4n) is 4.46. The smallest absolute Gasteiger partial charge is 0.222 e. The molecule has 9 heteroatoms. The average Bonchev–Trinajstić information content (AvgIpc) is 2.89. The van der Waals surface area contributed by atoms with E-state index in [-0.39, 0.29) is 12.5 Å². The van der Waals surface area contributed by atoms with Crippen LogP contribution >= 0.6 is 0 Å². The van der Waals surface area contributed by atoms with Crippen molar-refractivity contribution < 1.29 is 22.8 Å². The number of carbonyl (C=O) groups excluding carboxylic acids is 1. The first-order chi connectivity index (χ1) is 17.9. The first-order valence-corrected chi connectivity index (χ1v) is 12.2. The molecule has 1 aliphatic heterocycles. The van der Waals surface area contributed by atoms with E-state index in [0.717, 1.165) is 50.2 Å². The highest BCUT2D eigenvalue weighted by Gasteiger charge is 2.21. The highest BCUT2D eigenvalue weighted by atomic mass is 19.2. The van der Waals surface area contributed by atoms with Crippen LogP contribution in [0.1, 0.15) is 47.9 Å². The lowest BCUT2D eigenvalue weighted by Gasteiger charge is -2.32. The normalized spacial score (nSPS) is 15.0. The van der Waals surface area contributed by atoms with Gasteiger partial charge in [-0.25, -0.2) is 18.2 Å². The predicted molar refractivity (Wildman–Crippen MR) is 136 cm³/mol. The van der Waals surface area contributed by atoms with Gasteiger partial charge in [0, 0.05) is 30.8 Å². The second-order valence-corrected chi connectivity index (χ2v) is 8.99. The molecule has 0 aliphatic carbocycles. The number of anilines is 1. The lowest BCUT2D eigenvalue weighted by atomic mass is 9.89. The Bertz CT molecular complexity index is 1240. The molecule has 1 aromatic heterocycles. The zero-order valence-electron chi connectivity index (χ0n) is 20.6. The molecule has 0 spiro atoms. The first kappa shape index (κ1) is 26.3. The highest BCUT2D eigenvalue weighted by Crippen LogP contribution is 2.29. The van der Waals surface area contributed by atoms with E-state index in [4.69, 9.17) is 4.84 Å². The third-order valence-corrected chi connectivity index (χ3v) is 6.30. The van der Waals surface area contributed by atoms with Crippen LogP contribution in [0.4, 0.5) is 19.0 Å². The largest absolute Gasteiger partial charge is 0.392 e. The Morgan fingerprint density at radius 3 is 2.46 bits per heavy atom. The molecule has 4 rings (SSSR count). The van der Waals surface area contributed by atoms with Crippen molar-refractivity contribution in [1.29, 1.82) is 0 Å². The summed E-state index contributed by atoms with van der Waals surface area (Å²) in [4.78, 5) is 22.9. The van der Waals surface area contributed by atoms with Crippen molar-refractivity contribution in [2.24, 2.45) is 5.16 Å². The summed E-state index contributed by atoms with van der Waals surface area (Å²) in [5.74, 6) is -1.10. The second kappa shape index (κ2) is 12.5. The number of amides is 1. The van der Waals surface area contributed by atoms with Gasteiger partial charge in [-0.05, 0) is 73.3 Å². The van der Waals surface area contributed by atoms with E-state index in [2.05, 4.69) is 20.4 Å². The SMILES string of the molecule is CC(=O)Nc1cc(C2CCN(Cc3ccc(C(=NOCCF)c4ccc(F)c(F)c4)cc3)CC2)ccn1. The van der Waals surface area contributed by atoms with Gasteiger partial charge in [0.1, 0.15) is 24.8 Å². The van der Waals surface area contributed by atoms with Gasteiger partial charge >= 0.3 is 0 Å². The Morgan fingerprint density at radius 1 is 1.05 bits per heavy atom. The zero-order chi connectivity index (χ0) is 26.2. The molecule has 2 heterocycles. The van der Waals surface area contributed by atoms with Gasteiger partial charge in [0.2, 0.25) is 5.91 Å². The minimum Gasteiger partial charge on any atom is -0.392 e. The van der Waals surface area contributed by atoms with E-state index in [1.165, 1.54) is 18.6 Å². The molecule has 1 N–H and O–H groups in total. The summed E-state index contributed by atoms with van der Waals surface area (Å²) in [5.41, 5.74) is 3.58. The summed E-state index contributed by atoms with van der Waals surface area (Å²) in [7, 11) is 0. The number of nitrogens with one attached hydrogen (secondary N) is 1. The lowest BCUT2D eigenvalue weighted by molar-refractivity contribution is -0.114. The number of likely N-dealkylation sites (tertiary alicyclic amines) is 1. The minimum atomic E-state index is -0.992. The number of oxime groups is 1. The van der Waals surface area contributed by atoms with Gasteiger partial charge in [0.05, 0.1) is 0 Å². The molecule has 0 saturated carbocycles. The van der Waals surface area contributed by atoms with Crippen LogP contribution in [0.15, 0.2) is 65.9 Å². The van der Waals surface area contributed by atoms with Crippen molar-refractivity contribution in [3.8, 4) is 0 Å². The van der Waals surface area contributed by atoms with E-state index in [1.807, 2.05) is 36.4 Å². The highest BCUT2D eigenvalue weighted by molar-refractivity contribution is 6.12. The van der Waals surface area contributed by atoms with Gasteiger partial charge < -0.3 is 10.2 Å². The molecule has 1 saturated heterocycles. The molecule has 0 bridgehead atoms. The first-order valence-electron chi connectivity index (χ1n) is 12.2. The van der Waals surface area contributed by atoms with E-state index >= 15 is 0 Å². The lowest BCUT2D eigenvalue weighted by Crippen LogP contribution is -2.32. The van der Waals surface area contributed by atoms with Crippen molar-refractivity contribution in [3.05, 3.63) is 94.7 Å². The van der Waals surface area contributed by atoms with Gasteiger partial charge in [-0.3, -0.25) is 9.69 Å². The van der Waals surface area contributed by atoms with Crippen LogP contribution in [-0.2, 0) is 16.2 Å². The summed E-state index contributed by atoms with van der Waals surface area (Å²) >= 11 is 0. The third-order valence-electron chi connectivity index (χ3n) is 6.30. The Labute approximate surface area is 214 Å². The topological polar surface area (TPSA) is 66.8 Å². The van der Waals surface area contributed by atoms with Gasteiger partial charge in [-0.15, -0.1) is 0 Å². The Morgan fingerprint density at radius 2 is 1.78 bits per heavy atom. The molecule has 0 radical (unpaired) electrons. The molecule has 0 unspecified atom stereocenters. The number of carbonyl (C=O) groups is 1. The standard InChI is InChI=1S/C28H29F3N4O2/c1-19(36)33-27-17-23(8-12-32-27)21-9-13-35(14-10-21)18-20-2-4-22(5-3-20)28(34-37-15-11-29)24-6-7-25(30)26(31)16-24/h2-8,12,16-17,21H,9-11,13-15,18H2,1H3,(H,32,33,36). The summed E-state index contributed by atoms with van der Waals surface area (Å²) < 4.78 is 39.7. The van der Waals surface area contributed by atoms with E-state index in [9.17, 15) is 18.0 Å². The van der Waals surface area contributed by atoms with Crippen LogP contribution < -0.4 is 5.32 Å². The Balaban J connectivity index is 1.39. The molecule has 6 nitrogen and oxygen atoms in total. The number of halogens is 3. The fourth-order valence-corrected chi connectivity index (χ4v) is 4.46. The van der Waals surface area contributed by atoms with Crippen LogP contribution in [0.3, 0.4) is 0 Å². The van der Waals surface area contributed by atoms with Crippen LogP contribution in [0.5, 0.6) is 0 Å². The minimum absolute atomic E-state index is 0.138. The molecule has 1 fully saturated rings. The summed E-state index contributed by atoms with van der Waals surface area (Å²) in [6, 6.07) is 15.1. The molecule has 3 aromatic rings. The molecule has 0 atom stereocenters. The molecule has 2 aromatic carbocycles. The maximum atomic E-state index is 13.8. The number of piperidine rings is 1. The number of pyridine rings is 1. The third kappa shape index (κ3) is 7.16. The quantitative estimate of drug-likeness (QED) is 0.237. The number of rotatable bonds is 9. The second-order valence-electron chi connectivity index (χ2n) is 8.99. The van der Waals surface area contributed by atoms with E-state index in [0.29, 0.717) is 28.6 Å². The Hall–Kier alpha value is -3.72. The van der Waals surface area contributed by atoms with Crippen LogP contribution in [0.25, 0.3) is 0 Å². The molecule has 1 amide bonds. The van der Waals surface area contributed by atoms with Crippen LogP contribution in [0.2, 0.25) is 0 Å². The van der Waals surface area contributed by atoms with Crippen molar-refractivity contribution in [3.63, 3.8) is 0 Å². The summed E-state index contributed by atoms with van der Waals surface area (Å²) in [6.07, 6.45) is 3.73. The Kier molecular flexibility index (Phi) is 8.90. The maximum absolute atomic E-state index is 13.8. The fraction of sp³-hybridized carbons (Fsp3) is 0.321. The van der Waals surface area contributed by atoms with E-state index < -0.39 is 18.3 Å². The van der Waals surface area contributed by atoms with Gasteiger partial charge in [-0.1, -0.05) is 29.4 Å².